The maximum absolute atomic E-state index is 4.56. The molecule has 21 heavy (non-hydrogen) atoms. The van der Waals surface area contributed by atoms with Gasteiger partial charge in [0.05, 0.1) is 17.9 Å². The molecule has 0 unspecified atom stereocenters. The van der Waals surface area contributed by atoms with Crippen molar-refractivity contribution in [2.75, 3.05) is 0 Å². The zero-order chi connectivity index (χ0) is 14.8. The van der Waals surface area contributed by atoms with Crippen LogP contribution >= 0.6 is 22.6 Å². The molecule has 0 fully saturated rings. The van der Waals surface area contributed by atoms with E-state index in [1.54, 1.807) is 6.33 Å². The predicted molar refractivity (Wildman–Crippen MR) is 89.9 cm³/mol. The van der Waals surface area contributed by atoms with E-state index in [1.165, 1.54) is 3.57 Å². The highest BCUT2D eigenvalue weighted by molar-refractivity contribution is 14.1. The molecule has 0 atom stereocenters. The van der Waals surface area contributed by atoms with Crippen LogP contribution in [0.25, 0.3) is 11.4 Å². The Morgan fingerprint density at radius 1 is 1.19 bits per heavy atom. The Bertz CT molecular complexity index is 759. The summed E-state index contributed by atoms with van der Waals surface area (Å²) in [6.07, 6.45) is 1.78. The zero-order valence-electron chi connectivity index (χ0n) is 12.0. The summed E-state index contributed by atoms with van der Waals surface area (Å²) in [7, 11) is 0. The lowest BCUT2D eigenvalue weighted by Gasteiger charge is -2.03. The smallest absolute Gasteiger partial charge is 0.181 e. The van der Waals surface area contributed by atoms with Crippen molar-refractivity contribution in [3.05, 3.63) is 51.6 Å². The van der Waals surface area contributed by atoms with Gasteiger partial charge in [-0.25, -0.2) is 9.67 Å². The van der Waals surface area contributed by atoms with Crippen LogP contribution in [0.4, 0.5) is 0 Å². The molecule has 0 aliphatic heterocycles. The fourth-order valence-corrected chi connectivity index (χ4v) is 2.84. The lowest BCUT2D eigenvalue weighted by atomic mass is 10.2. The third-order valence-corrected chi connectivity index (χ3v) is 3.90. The van der Waals surface area contributed by atoms with Crippen LogP contribution in [-0.2, 0) is 13.1 Å². The predicted octanol–water partition coefficient (Wildman–Crippen LogP) is 3.12. The van der Waals surface area contributed by atoms with Crippen molar-refractivity contribution in [1.29, 1.82) is 0 Å². The van der Waals surface area contributed by atoms with Crippen LogP contribution in [0, 0.1) is 10.5 Å². The SMILES string of the molecule is CCn1nc(C)cc1Cn1cnc(-c2cccc(I)c2)n1. The van der Waals surface area contributed by atoms with E-state index in [0.717, 1.165) is 29.3 Å². The molecular formula is C15H16IN5. The first-order chi connectivity index (χ1) is 10.2. The number of benzene rings is 1. The quantitative estimate of drug-likeness (QED) is 0.640. The molecule has 0 spiro atoms. The summed E-state index contributed by atoms with van der Waals surface area (Å²) >= 11 is 2.30. The minimum absolute atomic E-state index is 0.686. The summed E-state index contributed by atoms with van der Waals surface area (Å²) in [5.41, 5.74) is 3.22. The Morgan fingerprint density at radius 2 is 2.05 bits per heavy atom. The molecule has 6 heteroatoms. The number of aryl methyl sites for hydroxylation is 2. The molecule has 0 bridgehead atoms. The molecule has 0 saturated heterocycles. The number of hydrogen-bond acceptors (Lipinski definition) is 3. The van der Waals surface area contributed by atoms with Crippen LogP contribution in [0.5, 0.6) is 0 Å². The molecule has 0 amide bonds. The van der Waals surface area contributed by atoms with Gasteiger partial charge in [-0.2, -0.15) is 10.2 Å². The normalized spacial score (nSPS) is 11.0. The van der Waals surface area contributed by atoms with Gasteiger partial charge in [-0.3, -0.25) is 4.68 Å². The summed E-state index contributed by atoms with van der Waals surface area (Å²) in [5.74, 6) is 0.757. The minimum Gasteiger partial charge on any atom is -0.268 e. The van der Waals surface area contributed by atoms with Gasteiger partial charge in [0.15, 0.2) is 5.82 Å². The maximum Gasteiger partial charge on any atom is 0.181 e. The molecule has 0 radical (unpaired) electrons. The van der Waals surface area contributed by atoms with E-state index in [2.05, 4.69) is 62.9 Å². The van der Waals surface area contributed by atoms with Crippen LogP contribution in [0.15, 0.2) is 36.7 Å². The van der Waals surface area contributed by atoms with Crippen molar-refractivity contribution in [3.63, 3.8) is 0 Å². The van der Waals surface area contributed by atoms with E-state index in [4.69, 9.17) is 0 Å². The standard InChI is InChI=1S/C15H16IN5/c1-3-21-14(7-11(2)18-21)9-20-10-17-15(19-20)12-5-4-6-13(16)8-12/h4-8,10H,3,9H2,1-2H3. The van der Waals surface area contributed by atoms with Crippen LogP contribution < -0.4 is 0 Å². The molecule has 3 aromatic rings. The molecule has 2 heterocycles. The molecule has 0 aliphatic carbocycles. The Hall–Kier alpha value is -1.70. The van der Waals surface area contributed by atoms with Crippen LogP contribution in [0.2, 0.25) is 0 Å². The molecule has 1 aromatic carbocycles. The summed E-state index contributed by atoms with van der Waals surface area (Å²) in [4.78, 5) is 4.40. The van der Waals surface area contributed by atoms with E-state index in [-0.39, 0.29) is 0 Å². The van der Waals surface area contributed by atoms with Gasteiger partial charge >= 0.3 is 0 Å². The fourth-order valence-electron chi connectivity index (χ4n) is 2.30. The van der Waals surface area contributed by atoms with Crippen molar-refractivity contribution in [1.82, 2.24) is 24.5 Å². The highest BCUT2D eigenvalue weighted by Crippen LogP contribution is 2.17. The minimum atomic E-state index is 0.686. The number of hydrogen-bond donors (Lipinski definition) is 0. The van der Waals surface area contributed by atoms with E-state index in [1.807, 2.05) is 28.4 Å². The molecular weight excluding hydrogens is 377 g/mol. The fraction of sp³-hybridized carbons (Fsp3) is 0.267. The first-order valence-corrected chi connectivity index (χ1v) is 7.92. The Balaban J connectivity index is 1.85. The van der Waals surface area contributed by atoms with Gasteiger partial charge in [-0.1, -0.05) is 12.1 Å². The molecule has 2 aromatic heterocycles. The summed E-state index contributed by atoms with van der Waals surface area (Å²) in [6.45, 7) is 5.65. The second kappa shape index (κ2) is 5.97. The molecule has 0 N–H and O–H groups in total. The second-order valence-electron chi connectivity index (χ2n) is 4.87. The lowest BCUT2D eigenvalue weighted by molar-refractivity contribution is 0.575. The Morgan fingerprint density at radius 3 is 2.81 bits per heavy atom. The van der Waals surface area contributed by atoms with E-state index in [0.29, 0.717) is 6.54 Å². The van der Waals surface area contributed by atoms with Crippen LogP contribution in [0.3, 0.4) is 0 Å². The van der Waals surface area contributed by atoms with Gasteiger partial charge < -0.3 is 0 Å². The monoisotopic (exact) mass is 393 g/mol. The molecule has 0 saturated carbocycles. The van der Waals surface area contributed by atoms with Crippen molar-refractivity contribution >= 4 is 22.6 Å². The summed E-state index contributed by atoms with van der Waals surface area (Å²) in [6, 6.07) is 10.3. The lowest BCUT2D eigenvalue weighted by Crippen LogP contribution is -2.08. The van der Waals surface area contributed by atoms with E-state index < -0.39 is 0 Å². The van der Waals surface area contributed by atoms with Gasteiger partial charge in [0.2, 0.25) is 0 Å². The number of rotatable bonds is 4. The first-order valence-electron chi connectivity index (χ1n) is 6.84. The van der Waals surface area contributed by atoms with Gasteiger partial charge in [0.25, 0.3) is 0 Å². The number of halogens is 1. The van der Waals surface area contributed by atoms with Crippen molar-refractivity contribution in [2.45, 2.75) is 26.9 Å². The van der Waals surface area contributed by atoms with Crippen molar-refractivity contribution < 1.29 is 0 Å². The third kappa shape index (κ3) is 3.15. The first kappa shape index (κ1) is 14.2. The number of nitrogens with zero attached hydrogens (tertiary/aromatic N) is 5. The van der Waals surface area contributed by atoms with Crippen LogP contribution in [0.1, 0.15) is 18.3 Å². The summed E-state index contributed by atoms with van der Waals surface area (Å²) in [5, 5.41) is 9.02. The largest absolute Gasteiger partial charge is 0.268 e. The Labute approximate surface area is 137 Å². The maximum atomic E-state index is 4.56. The molecule has 3 rings (SSSR count). The zero-order valence-corrected chi connectivity index (χ0v) is 14.1. The highest BCUT2D eigenvalue weighted by Gasteiger charge is 2.08. The Kier molecular flexibility index (Phi) is 4.05. The van der Waals surface area contributed by atoms with Gasteiger partial charge in [0, 0.05) is 15.7 Å². The van der Waals surface area contributed by atoms with Crippen LogP contribution in [-0.4, -0.2) is 24.5 Å². The average Bonchev–Trinajstić information content (AvgIpc) is 3.06. The van der Waals surface area contributed by atoms with E-state index in [9.17, 15) is 0 Å². The number of aromatic nitrogens is 5. The van der Waals surface area contributed by atoms with Gasteiger partial charge in [0.1, 0.15) is 6.33 Å². The van der Waals surface area contributed by atoms with Crippen molar-refractivity contribution in [3.8, 4) is 11.4 Å². The molecule has 108 valence electrons. The third-order valence-electron chi connectivity index (χ3n) is 3.23. The average molecular weight is 393 g/mol. The van der Waals surface area contributed by atoms with Gasteiger partial charge in [-0.15, -0.1) is 0 Å². The summed E-state index contributed by atoms with van der Waals surface area (Å²) < 4.78 is 5.04. The second-order valence-corrected chi connectivity index (χ2v) is 6.11. The van der Waals surface area contributed by atoms with E-state index >= 15 is 0 Å². The van der Waals surface area contributed by atoms with Crippen molar-refractivity contribution in [2.24, 2.45) is 0 Å². The molecule has 5 nitrogen and oxygen atoms in total. The topological polar surface area (TPSA) is 48.5 Å². The highest BCUT2D eigenvalue weighted by atomic mass is 127. The van der Waals surface area contributed by atoms with Gasteiger partial charge in [-0.05, 0) is 54.6 Å². The molecule has 0 aliphatic rings.